The molecule has 0 radical (unpaired) electrons. The molecule has 0 saturated heterocycles. The highest BCUT2D eigenvalue weighted by Crippen LogP contribution is 2.16. The number of esters is 3. The first kappa shape index (κ1) is 78.3. The predicted molar refractivity (Wildman–Crippen MR) is 362 cm³/mol. The minimum Gasteiger partial charge on any atom is -0.462 e. The minimum absolute atomic E-state index is 0.103. The zero-order chi connectivity index (χ0) is 59.9. The van der Waals surface area contributed by atoms with E-state index < -0.39 is 6.10 Å². The summed E-state index contributed by atoms with van der Waals surface area (Å²) in [6, 6.07) is 0. The zero-order valence-electron chi connectivity index (χ0n) is 53.9. The number of allylic oxidation sites excluding steroid dienone is 24. The highest BCUT2D eigenvalue weighted by molar-refractivity contribution is 5.71. The van der Waals surface area contributed by atoms with Crippen molar-refractivity contribution in [1.29, 1.82) is 0 Å². The molecule has 6 heteroatoms. The highest BCUT2D eigenvalue weighted by Gasteiger charge is 2.19. The maximum absolute atomic E-state index is 12.9. The van der Waals surface area contributed by atoms with E-state index in [2.05, 4.69) is 161 Å². The van der Waals surface area contributed by atoms with Crippen LogP contribution in [-0.2, 0) is 28.6 Å². The molecule has 0 bridgehead atoms. The molecule has 0 aliphatic heterocycles. The third-order valence-electron chi connectivity index (χ3n) is 14.4. The third-order valence-corrected chi connectivity index (χ3v) is 14.4. The molecule has 0 aliphatic carbocycles. The van der Waals surface area contributed by atoms with Gasteiger partial charge in [0.25, 0.3) is 0 Å². The third kappa shape index (κ3) is 68.0. The minimum atomic E-state index is -0.812. The van der Waals surface area contributed by atoms with Crippen LogP contribution in [0.5, 0.6) is 0 Å². The van der Waals surface area contributed by atoms with E-state index in [0.717, 1.165) is 122 Å². The lowest BCUT2D eigenvalue weighted by molar-refractivity contribution is -0.166. The van der Waals surface area contributed by atoms with E-state index in [0.29, 0.717) is 19.3 Å². The fourth-order valence-electron chi connectivity index (χ4n) is 9.30. The van der Waals surface area contributed by atoms with Gasteiger partial charge < -0.3 is 14.2 Å². The van der Waals surface area contributed by atoms with Gasteiger partial charge in [-0.25, -0.2) is 0 Å². The van der Waals surface area contributed by atoms with E-state index in [-0.39, 0.29) is 37.5 Å². The Kier molecular flexibility index (Phi) is 65.8. The summed E-state index contributed by atoms with van der Waals surface area (Å²) in [5, 5.41) is 0. The first-order valence-electron chi connectivity index (χ1n) is 34.3. The molecular weight excluding hydrogens is 1020 g/mol. The summed E-state index contributed by atoms with van der Waals surface area (Å²) in [5.74, 6) is -0.986. The van der Waals surface area contributed by atoms with Crippen LogP contribution in [0.1, 0.15) is 303 Å². The Bertz CT molecular complexity index is 1800. The van der Waals surface area contributed by atoms with Crippen molar-refractivity contribution in [2.75, 3.05) is 13.2 Å². The Labute approximate surface area is 512 Å². The zero-order valence-corrected chi connectivity index (χ0v) is 53.9. The number of carbonyl (C=O) groups is 3. The number of ether oxygens (including phenoxy) is 3. The van der Waals surface area contributed by atoms with Gasteiger partial charge in [-0.05, 0) is 109 Å². The molecule has 0 heterocycles. The van der Waals surface area contributed by atoms with E-state index in [4.69, 9.17) is 14.2 Å². The van der Waals surface area contributed by atoms with Gasteiger partial charge in [-0.15, -0.1) is 0 Å². The van der Waals surface area contributed by atoms with Crippen LogP contribution >= 0.6 is 0 Å². The molecule has 83 heavy (non-hydrogen) atoms. The Morgan fingerprint density at radius 2 is 0.494 bits per heavy atom. The number of hydrogen-bond donors (Lipinski definition) is 0. The Hall–Kier alpha value is -4.71. The fraction of sp³-hybridized carbons (Fsp3) is 0.649. The first-order chi connectivity index (χ1) is 41.0. The maximum Gasteiger partial charge on any atom is 0.306 e. The number of rotatable bonds is 61. The van der Waals surface area contributed by atoms with Crippen LogP contribution in [0, 0.1) is 0 Å². The summed E-state index contributed by atoms with van der Waals surface area (Å²) in [5.41, 5.74) is 0. The van der Waals surface area contributed by atoms with Gasteiger partial charge in [0.2, 0.25) is 0 Å². The second-order valence-electron chi connectivity index (χ2n) is 22.3. The topological polar surface area (TPSA) is 78.9 Å². The van der Waals surface area contributed by atoms with Gasteiger partial charge in [0.05, 0.1) is 0 Å². The number of hydrogen-bond acceptors (Lipinski definition) is 6. The van der Waals surface area contributed by atoms with E-state index in [1.165, 1.54) is 135 Å². The first-order valence-corrected chi connectivity index (χ1v) is 34.3. The second kappa shape index (κ2) is 69.8. The lowest BCUT2D eigenvalue weighted by atomic mass is 10.0. The molecule has 1 atom stereocenters. The van der Waals surface area contributed by atoms with E-state index in [1.807, 2.05) is 6.08 Å². The van der Waals surface area contributed by atoms with E-state index >= 15 is 0 Å². The summed E-state index contributed by atoms with van der Waals surface area (Å²) in [6.45, 7) is 6.36. The van der Waals surface area contributed by atoms with Crippen molar-refractivity contribution < 1.29 is 28.6 Å². The fourth-order valence-corrected chi connectivity index (χ4v) is 9.30. The SMILES string of the molecule is CC/C=C\C/C=C\C/C=C\C/C=C\C/C=C\C/C=C\C/C=C\C/C=C\CCCCCCCCCCCCC(=O)OCC(COC(=O)CC/C=C\C/C=C\C/C=C\C/C=C\CC)OC(=O)CCCCCCCCCCCCCCCCCCC. The Morgan fingerprint density at radius 1 is 0.253 bits per heavy atom. The lowest BCUT2D eigenvalue weighted by Crippen LogP contribution is -2.30. The lowest BCUT2D eigenvalue weighted by Gasteiger charge is -2.18. The largest absolute Gasteiger partial charge is 0.462 e. The van der Waals surface area contributed by atoms with Crippen LogP contribution in [0.25, 0.3) is 0 Å². The molecular formula is C77H126O6. The summed E-state index contributed by atoms with van der Waals surface area (Å²) in [6.07, 6.45) is 100. The summed E-state index contributed by atoms with van der Waals surface area (Å²) in [7, 11) is 0. The van der Waals surface area contributed by atoms with E-state index in [9.17, 15) is 14.4 Å². The molecule has 0 fully saturated rings. The normalized spacial score (nSPS) is 13.0. The van der Waals surface area contributed by atoms with E-state index in [1.54, 1.807) is 0 Å². The average molecular weight is 1150 g/mol. The quantitative estimate of drug-likeness (QED) is 0.0261. The molecule has 0 saturated carbocycles. The molecule has 1 unspecified atom stereocenters. The van der Waals surface area contributed by atoms with Crippen LogP contribution < -0.4 is 0 Å². The number of carbonyl (C=O) groups excluding carboxylic acids is 3. The van der Waals surface area contributed by atoms with Gasteiger partial charge in [0.1, 0.15) is 13.2 Å². The van der Waals surface area contributed by atoms with Gasteiger partial charge in [-0.3, -0.25) is 14.4 Å². The summed E-state index contributed by atoms with van der Waals surface area (Å²) in [4.78, 5) is 38.3. The summed E-state index contributed by atoms with van der Waals surface area (Å²) < 4.78 is 16.9. The van der Waals surface area contributed by atoms with Crippen molar-refractivity contribution in [3.8, 4) is 0 Å². The smallest absolute Gasteiger partial charge is 0.306 e. The van der Waals surface area contributed by atoms with Gasteiger partial charge in [0.15, 0.2) is 6.10 Å². The van der Waals surface area contributed by atoms with Crippen LogP contribution in [-0.4, -0.2) is 37.2 Å². The standard InChI is InChI=1S/C77H126O6/c1-4-7-10-13-16-19-22-25-27-29-30-31-32-33-34-35-36-37-38-39-40-41-42-43-44-45-46-48-49-52-55-58-61-64-67-70-76(79)82-73-74(72-81-75(78)69-66-63-60-57-54-51-24-21-18-15-12-9-6-3)83-77(80)71-68-65-62-59-56-53-50-47-28-26-23-20-17-14-11-8-5-2/h7,9-10,12,16,18-19,21,25,27,30-31,33-34,36-37,39-40,42-43,51,54,60,63,74H,4-6,8,11,13-15,17,20,22-24,26,28-29,32,35,38,41,44-50,52-53,55-59,61-62,64-73H2,1-3H3/b10-7-,12-9-,19-16-,21-18-,27-25-,31-30-,34-33-,37-36-,40-39-,43-42-,54-51-,63-60-. The monoisotopic (exact) mass is 1150 g/mol. The van der Waals surface area contributed by atoms with Crippen LogP contribution in [0.2, 0.25) is 0 Å². The van der Waals surface area contributed by atoms with Gasteiger partial charge in [-0.1, -0.05) is 321 Å². The predicted octanol–water partition coefficient (Wildman–Crippen LogP) is 23.9. The van der Waals surface area contributed by atoms with Crippen molar-refractivity contribution in [2.24, 2.45) is 0 Å². The van der Waals surface area contributed by atoms with Gasteiger partial charge in [0, 0.05) is 19.3 Å². The Balaban J connectivity index is 4.27. The number of unbranched alkanes of at least 4 members (excludes halogenated alkanes) is 26. The highest BCUT2D eigenvalue weighted by atomic mass is 16.6. The van der Waals surface area contributed by atoms with Crippen molar-refractivity contribution in [3.05, 3.63) is 146 Å². The van der Waals surface area contributed by atoms with Gasteiger partial charge >= 0.3 is 17.9 Å². The molecule has 0 spiro atoms. The van der Waals surface area contributed by atoms with Crippen molar-refractivity contribution in [2.45, 2.75) is 309 Å². The van der Waals surface area contributed by atoms with Crippen LogP contribution in [0.3, 0.4) is 0 Å². The maximum atomic E-state index is 12.9. The van der Waals surface area contributed by atoms with Crippen LogP contribution in [0.4, 0.5) is 0 Å². The molecule has 470 valence electrons. The molecule has 0 amide bonds. The molecule has 0 rings (SSSR count). The molecule has 0 aliphatic rings. The second-order valence-corrected chi connectivity index (χ2v) is 22.3. The van der Waals surface area contributed by atoms with Crippen molar-refractivity contribution in [3.63, 3.8) is 0 Å². The molecule has 0 aromatic rings. The average Bonchev–Trinajstić information content (AvgIpc) is 3.49. The van der Waals surface area contributed by atoms with Crippen LogP contribution in [0.15, 0.2) is 146 Å². The summed E-state index contributed by atoms with van der Waals surface area (Å²) >= 11 is 0. The molecule has 6 nitrogen and oxygen atoms in total. The molecule has 0 aromatic carbocycles. The van der Waals surface area contributed by atoms with Crippen molar-refractivity contribution in [1.82, 2.24) is 0 Å². The Morgan fingerprint density at radius 3 is 0.807 bits per heavy atom. The molecule has 0 N–H and O–H groups in total. The molecule has 0 aromatic heterocycles. The van der Waals surface area contributed by atoms with Gasteiger partial charge in [-0.2, -0.15) is 0 Å². The van der Waals surface area contributed by atoms with Crippen molar-refractivity contribution >= 4 is 17.9 Å².